The summed E-state index contributed by atoms with van der Waals surface area (Å²) >= 11 is 2.07. The fourth-order valence-electron chi connectivity index (χ4n) is 1.17. The van der Waals surface area contributed by atoms with Gasteiger partial charge >= 0.3 is 5.97 Å². The van der Waals surface area contributed by atoms with Gasteiger partial charge < -0.3 is 14.2 Å². The van der Waals surface area contributed by atoms with Crippen molar-refractivity contribution in [2.45, 2.75) is 26.4 Å². The van der Waals surface area contributed by atoms with E-state index >= 15 is 0 Å². The molecule has 0 saturated carbocycles. The number of pyridine rings is 1. The van der Waals surface area contributed by atoms with E-state index in [0.717, 1.165) is 3.70 Å². The molecular formula is C12H16INO4. The van der Waals surface area contributed by atoms with Gasteiger partial charge in [0.25, 0.3) is 5.88 Å². The lowest BCUT2D eigenvalue weighted by atomic mass is 10.2. The Bertz CT molecular complexity index is 429. The van der Waals surface area contributed by atoms with Crippen molar-refractivity contribution in [3.05, 3.63) is 15.8 Å². The number of rotatable bonds is 4. The van der Waals surface area contributed by atoms with Gasteiger partial charge in [0, 0.05) is 0 Å². The largest absolute Gasteiger partial charge is 0.478 e. The van der Waals surface area contributed by atoms with Crippen molar-refractivity contribution in [1.29, 1.82) is 0 Å². The maximum atomic E-state index is 11.5. The lowest BCUT2D eigenvalue weighted by Gasteiger charge is -2.19. The molecule has 0 fully saturated rings. The van der Waals surface area contributed by atoms with Crippen LogP contribution >= 0.6 is 22.6 Å². The van der Waals surface area contributed by atoms with Crippen LogP contribution < -0.4 is 9.47 Å². The van der Waals surface area contributed by atoms with Gasteiger partial charge in [-0.1, -0.05) is 0 Å². The molecule has 5 nitrogen and oxygen atoms in total. The van der Waals surface area contributed by atoms with E-state index in [2.05, 4.69) is 27.6 Å². The summed E-state index contributed by atoms with van der Waals surface area (Å²) < 4.78 is 16.3. The third-order valence-electron chi connectivity index (χ3n) is 1.75. The molecule has 0 unspecified atom stereocenters. The smallest absolute Gasteiger partial charge is 0.344 e. The molecule has 1 aromatic heterocycles. The maximum Gasteiger partial charge on any atom is 0.344 e. The van der Waals surface area contributed by atoms with E-state index in [0.29, 0.717) is 11.6 Å². The summed E-state index contributed by atoms with van der Waals surface area (Å²) in [5.41, 5.74) is -0.519. The number of esters is 1. The third-order valence-corrected chi connectivity index (χ3v) is 2.35. The molecule has 1 aromatic rings. The summed E-state index contributed by atoms with van der Waals surface area (Å²) in [6.45, 7) is 5.24. The van der Waals surface area contributed by atoms with Crippen LogP contribution in [0.4, 0.5) is 0 Å². The second-order valence-electron chi connectivity index (χ2n) is 4.52. The highest BCUT2D eigenvalue weighted by molar-refractivity contribution is 14.1. The highest BCUT2D eigenvalue weighted by Crippen LogP contribution is 2.25. The molecule has 0 aliphatic carbocycles. The van der Waals surface area contributed by atoms with E-state index in [4.69, 9.17) is 14.2 Å². The van der Waals surface area contributed by atoms with Crippen molar-refractivity contribution >= 4 is 28.6 Å². The third kappa shape index (κ3) is 5.07. The molecule has 18 heavy (non-hydrogen) atoms. The number of aromatic nitrogens is 1. The molecule has 0 aromatic carbocycles. The molecule has 0 amide bonds. The molecule has 6 heteroatoms. The first-order valence-electron chi connectivity index (χ1n) is 5.37. The zero-order chi connectivity index (χ0) is 13.8. The van der Waals surface area contributed by atoms with Crippen LogP contribution in [-0.2, 0) is 9.53 Å². The summed E-state index contributed by atoms with van der Waals surface area (Å²) in [5, 5.41) is 0. The standard InChI is InChI=1S/C12H16INO4/c1-12(2,3)18-10(15)7-17-8-5-6-9(13)14-11(8)16-4/h5-6H,7H2,1-4H3. The normalized spacial score (nSPS) is 10.9. The highest BCUT2D eigenvalue weighted by atomic mass is 127. The summed E-state index contributed by atoms with van der Waals surface area (Å²) in [6, 6.07) is 3.48. The van der Waals surface area contributed by atoms with Crippen LogP contribution in [0.15, 0.2) is 12.1 Å². The van der Waals surface area contributed by atoms with E-state index in [-0.39, 0.29) is 6.61 Å². The lowest BCUT2D eigenvalue weighted by molar-refractivity contribution is -0.157. The Morgan fingerprint density at radius 2 is 2.06 bits per heavy atom. The average Bonchev–Trinajstić information content (AvgIpc) is 2.24. The fraction of sp³-hybridized carbons (Fsp3) is 0.500. The Morgan fingerprint density at radius 3 is 2.61 bits per heavy atom. The number of nitrogens with zero attached hydrogens (tertiary/aromatic N) is 1. The Hall–Kier alpha value is -1.05. The summed E-state index contributed by atoms with van der Waals surface area (Å²) in [7, 11) is 1.50. The number of carbonyl (C=O) groups is 1. The number of methoxy groups -OCH3 is 1. The molecule has 0 radical (unpaired) electrons. The Labute approximate surface area is 120 Å². The predicted octanol–water partition coefficient (Wildman–Crippen LogP) is 2.42. The molecule has 0 N–H and O–H groups in total. The second-order valence-corrected chi connectivity index (χ2v) is 5.62. The van der Waals surface area contributed by atoms with E-state index in [1.54, 1.807) is 32.9 Å². The average molecular weight is 365 g/mol. The number of hydrogen-bond acceptors (Lipinski definition) is 5. The van der Waals surface area contributed by atoms with Gasteiger partial charge in [-0.25, -0.2) is 9.78 Å². The molecular weight excluding hydrogens is 349 g/mol. The maximum absolute atomic E-state index is 11.5. The predicted molar refractivity (Wildman–Crippen MR) is 74.8 cm³/mol. The van der Waals surface area contributed by atoms with Gasteiger partial charge in [-0.3, -0.25) is 0 Å². The van der Waals surface area contributed by atoms with Crippen LogP contribution in [0.5, 0.6) is 11.6 Å². The Morgan fingerprint density at radius 1 is 1.39 bits per heavy atom. The number of carbonyl (C=O) groups excluding carboxylic acids is 1. The van der Waals surface area contributed by atoms with Crippen LogP contribution in [0.1, 0.15) is 20.8 Å². The molecule has 0 aliphatic heterocycles. The van der Waals surface area contributed by atoms with Crippen LogP contribution in [-0.4, -0.2) is 30.3 Å². The topological polar surface area (TPSA) is 57.7 Å². The first-order valence-corrected chi connectivity index (χ1v) is 6.45. The monoisotopic (exact) mass is 365 g/mol. The van der Waals surface area contributed by atoms with Gasteiger partial charge in [0.1, 0.15) is 9.30 Å². The van der Waals surface area contributed by atoms with Gasteiger partial charge in [0.2, 0.25) is 0 Å². The van der Waals surface area contributed by atoms with Crippen molar-refractivity contribution in [3.8, 4) is 11.6 Å². The number of halogens is 1. The van der Waals surface area contributed by atoms with E-state index < -0.39 is 11.6 Å². The molecule has 100 valence electrons. The first kappa shape index (κ1) is 15.0. The van der Waals surface area contributed by atoms with Crippen LogP contribution in [0, 0.1) is 3.70 Å². The zero-order valence-electron chi connectivity index (χ0n) is 10.8. The summed E-state index contributed by atoms with van der Waals surface area (Å²) in [6.07, 6.45) is 0. The molecule has 1 rings (SSSR count). The molecule has 0 spiro atoms. The Kier molecular flexibility index (Phi) is 5.18. The molecule has 1 heterocycles. The molecule has 0 bridgehead atoms. The van der Waals surface area contributed by atoms with Crippen LogP contribution in [0.2, 0.25) is 0 Å². The van der Waals surface area contributed by atoms with Crippen LogP contribution in [0.25, 0.3) is 0 Å². The molecule has 0 atom stereocenters. The van der Waals surface area contributed by atoms with Crippen molar-refractivity contribution < 1.29 is 19.0 Å². The minimum Gasteiger partial charge on any atom is -0.478 e. The first-order chi connectivity index (χ1) is 8.31. The summed E-state index contributed by atoms with van der Waals surface area (Å²) in [5.74, 6) is 0.345. The lowest BCUT2D eigenvalue weighted by Crippen LogP contribution is -2.27. The Balaban J connectivity index is 2.61. The van der Waals surface area contributed by atoms with Gasteiger partial charge in [-0.2, -0.15) is 0 Å². The number of hydrogen-bond donors (Lipinski definition) is 0. The van der Waals surface area contributed by atoms with E-state index in [1.807, 2.05) is 0 Å². The van der Waals surface area contributed by atoms with Crippen LogP contribution in [0.3, 0.4) is 0 Å². The minimum absolute atomic E-state index is 0.171. The SMILES string of the molecule is COc1nc(I)ccc1OCC(=O)OC(C)(C)C. The van der Waals surface area contributed by atoms with Gasteiger partial charge in [-0.15, -0.1) is 0 Å². The van der Waals surface area contributed by atoms with Crippen molar-refractivity contribution in [3.63, 3.8) is 0 Å². The quantitative estimate of drug-likeness (QED) is 0.466. The van der Waals surface area contributed by atoms with Crippen molar-refractivity contribution in [2.24, 2.45) is 0 Å². The second kappa shape index (κ2) is 6.21. The van der Waals surface area contributed by atoms with Gasteiger partial charge in [0.15, 0.2) is 12.4 Å². The molecule has 0 saturated heterocycles. The zero-order valence-corrected chi connectivity index (χ0v) is 13.0. The molecule has 0 aliphatic rings. The van der Waals surface area contributed by atoms with E-state index in [9.17, 15) is 4.79 Å². The highest BCUT2D eigenvalue weighted by Gasteiger charge is 2.17. The van der Waals surface area contributed by atoms with Crippen molar-refractivity contribution in [1.82, 2.24) is 4.98 Å². The van der Waals surface area contributed by atoms with Gasteiger partial charge in [0.05, 0.1) is 7.11 Å². The number of ether oxygens (including phenoxy) is 3. The van der Waals surface area contributed by atoms with Gasteiger partial charge in [-0.05, 0) is 55.5 Å². The fourth-order valence-corrected chi connectivity index (χ4v) is 1.57. The van der Waals surface area contributed by atoms with E-state index in [1.165, 1.54) is 7.11 Å². The minimum atomic E-state index is -0.519. The van der Waals surface area contributed by atoms with Crippen molar-refractivity contribution in [2.75, 3.05) is 13.7 Å². The summed E-state index contributed by atoms with van der Waals surface area (Å²) in [4.78, 5) is 15.6.